The van der Waals surface area contributed by atoms with Gasteiger partial charge in [-0.05, 0) is 30.5 Å². The lowest BCUT2D eigenvalue weighted by atomic mass is 10.2. The van der Waals surface area contributed by atoms with Crippen LogP contribution < -0.4 is 15.1 Å². The highest BCUT2D eigenvalue weighted by atomic mass is 15.4. The summed E-state index contributed by atoms with van der Waals surface area (Å²) in [5.74, 6) is 2.34. The summed E-state index contributed by atoms with van der Waals surface area (Å²) in [6, 6.07) is 14.0. The Morgan fingerprint density at radius 1 is 1.17 bits per heavy atom. The Balaban J connectivity index is 2.06. The average molecular weight is 305 g/mol. The average Bonchev–Trinajstić information content (AvgIpc) is 2.84. The molecule has 2 aromatic rings. The zero-order chi connectivity index (χ0) is 16.4. The van der Waals surface area contributed by atoms with Crippen molar-refractivity contribution in [1.82, 2.24) is 10.3 Å². The maximum absolute atomic E-state index is 4.73. The van der Waals surface area contributed by atoms with Crippen molar-refractivity contribution in [3.63, 3.8) is 0 Å². The Morgan fingerprint density at radius 3 is 2.61 bits per heavy atom. The van der Waals surface area contributed by atoms with Gasteiger partial charge in [-0.3, -0.25) is 9.89 Å². The van der Waals surface area contributed by atoms with Crippen LogP contribution in [0.5, 0.6) is 0 Å². The molecule has 3 rings (SSSR count). The van der Waals surface area contributed by atoms with Crippen molar-refractivity contribution < 1.29 is 0 Å². The number of aliphatic imine (C=N–C) groups is 1. The van der Waals surface area contributed by atoms with E-state index in [1.165, 1.54) is 0 Å². The monoisotopic (exact) mass is 305 g/mol. The van der Waals surface area contributed by atoms with Crippen LogP contribution in [0.3, 0.4) is 0 Å². The summed E-state index contributed by atoms with van der Waals surface area (Å²) in [4.78, 5) is 13.0. The normalized spacial score (nSPS) is 14.0. The first-order valence-corrected chi connectivity index (χ1v) is 7.31. The minimum Gasteiger partial charge on any atom is -0.346 e. The topological polar surface area (TPSA) is 43.8 Å². The SMILES string of the molecule is C=CNC(=NC)c1cccc(N2C(=C)N(C)c3ccccc32)n1. The van der Waals surface area contributed by atoms with Gasteiger partial charge in [0.2, 0.25) is 0 Å². The van der Waals surface area contributed by atoms with Crippen LogP contribution in [-0.4, -0.2) is 24.9 Å². The molecule has 116 valence electrons. The van der Waals surface area contributed by atoms with Crippen LogP contribution in [0.4, 0.5) is 17.2 Å². The van der Waals surface area contributed by atoms with Gasteiger partial charge in [0, 0.05) is 14.1 Å². The number of amidine groups is 1. The number of nitrogens with zero attached hydrogens (tertiary/aromatic N) is 4. The Hall–Kier alpha value is -3.08. The predicted octanol–water partition coefficient (Wildman–Crippen LogP) is 3.25. The van der Waals surface area contributed by atoms with Crippen molar-refractivity contribution in [2.75, 3.05) is 23.9 Å². The first-order valence-electron chi connectivity index (χ1n) is 7.31. The van der Waals surface area contributed by atoms with Gasteiger partial charge in [0.25, 0.3) is 0 Å². The van der Waals surface area contributed by atoms with Gasteiger partial charge in [-0.15, -0.1) is 0 Å². The molecule has 5 heteroatoms. The fraction of sp³-hybridized carbons (Fsp3) is 0.111. The summed E-state index contributed by atoms with van der Waals surface area (Å²) < 4.78 is 0. The second-order valence-electron chi connectivity index (χ2n) is 5.10. The van der Waals surface area contributed by atoms with Crippen LogP contribution in [0.25, 0.3) is 0 Å². The largest absolute Gasteiger partial charge is 0.346 e. The third kappa shape index (κ3) is 2.46. The molecule has 5 nitrogen and oxygen atoms in total. The van der Waals surface area contributed by atoms with Gasteiger partial charge in [0.15, 0.2) is 5.84 Å². The van der Waals surface area contributed by atoms with E-state index in [1.807, 2.05) is 42.3 Å². The molecule has 0 unspecified atom stereocenters. The highest BCUT2D eigenvalue weighted by Gasteiger charge is 2.29. The van der Waals surface area contributed by atoms with E-state index in [4.69, 9.17) is 4.98 Å². The first-order chi connectivity index (χ1) is 11.2. The molecular weight excluding hydrogens is 286 g/mol. The lowest BCUT2D eigenvalue weighted by Gasteiger charge is -2.21. The second-order valence-corrected chi connectivity index (χ2v) is 5.10. The van der Waals surface area contributed by atoms with Gasteiger partial charge >= 0.3 is 0 Å². The molecule has 1 aliphatic heterocycles. The molecule has 0 amide bonds. The van der Waals surface area contributed by atoms with E-state index in [1.54, 1.807) is 13.2 Å². The van der Waals surface area contributed by atoms with E-state index < -0.39 is 0 Å². The van der Waals surface area contributed by atoms with Crippen molar-refractivity contribution in [2.24, 2.45) is 4.99 Å². The maximum atomic E-state index is 4.73. The van der Waals surface area contributed by atoms with Crippen LogP contribution in [0.15, 0.2) is 72.6 Å². The molecule has 1 N–H and O–H groups in total. The van der Waals surface area contributed by atoms with Crippen LogP contribution >= 0.6 is 0 Å². The number of benzene rings is 1. The molecule has 0 saturated carbocycles. The Bertz CT molecular complexity index is 794. The fourth-order valence-corrected chi connectivity index (χ4v) is 2.65. The van der Waals surface area contributed by atoms with Gasteiger partial charge < -0.3 is 10.2 Å². The molecule has 23 heavy (non-hydrogen) atoms. The van der Waals surface area contributed by atoms with Crippen molar-refractivity contribution in [1.29, 1.82) is 0 Å². The van der Waals surface area contributed by atoms with Gasteiger partial charge in [-0.2, -0.15) is 0 Å². The fourth-order valence-electron chi connectivity index (χ4n) is 2.65. The smallest absolute Gasteiger partial charge is 0.151 e. The minimum atomic E-state index is 0.674. The van der Waals surface area contributed by atoms with Crippen molar-refractivity contribution >= 4 is 23.0 Å². The van der Waals surface area contributed by atoms with Gasteiger partial charge in [-0.25, -0.2) is 4.98 Å². The number of hydrogen-bond acceptors (Lipinski definition) is 4. The molecule has 0 bridgehead atoms. The third-order valence-electron chi connectivity index (χ3n) is 3.80. The van der Waals surface area contributed by atoms with Crippen LogP contribution in [0.2, 0.25) is 0 Å². The number of fused-ring (bicyclic) bond motifs is 1. The summed E-state index contributed by atoms with van der Waals surface area (Å²) in [7, 11) is 3.72. The zero-order valence-electron chi connectivity index (χ0n) is 13.3. The Kier molecular flexibility index (Phi) is 3.85. The van der Waals surface area contributed by atoms with Gasteiger partial charge in [0.05, 0.1) is 11.4 Å². The highest BCUT2D eigenvalue weighted by Crippen LogP contribution is 2.43. The highest BCUT2D eigenvalue weighted by molar-refractivity contribution is 5.98. The van der Waals surface area contributed by atoms with Crippen LogP contribution in [-0.2, 0) is 0 Å². The predicted molar refractivity (Wildman–Crippen MR) is 96.2 cm³/mol. The number of aromatic nitrogens is 1. The molecule has 2 heterocycles. The van der Waals surface area contributed by atoms with E-state index >= 15 is 0 Å². The van der Waals surface area contributed by atoms with E-state index in [0.29, 0.717) is 5.84 Å². The molecule has 0 radical (unpaired) electrons. The number of anilines is 3. The standard InChI is InChI=1S/C18H19N5/c1-5-20-18(19-3)14-9-8-12-17(21-14)23-13(2)22(4)15-10-6-7-11-16(15)23/h5-12H,1-2H2,3-4H3,(H,19,20). The van der Waals surface area contributed by atoms with Crippen LogP contribution in [0.1, 0.15) is 5.69 Å². The molecule has 1 aliphatic rings. The van der Waals surface area contributed by atoms with Gasteiger partial charge in [-0.1, -0.05) is 31.4 Å². The molecule has 1 aromatic carbocycles. The quantitative estimate of drug-likeness (QED) is 0.698. The maximum Gasteiger partial charge on any atom is 0.151 e. The number of rotatable bonds is 3. The molecule has 1 aromatic heterocycles. The lowest BCUT2D eigenvalue weighted by Crippen LogP contribution is -2.23. The second kappa shape index (κ2) is 5.96. The Labute approximate surface area is 136 Å². The van der Waals surface area contributed by atoms with Crippen molar-refractivity contribution in [2.45, 2.75) is 0 Å². The summed E-state index contributed by atoms with van der Waals surface area (Å²) in [6.45, 7) is 7.86. The molecule has 0 fully saturated rings. The summed E-state index contributed by atoms with van der Waals surface area (Å²) in [5.41, 5.74) is 2.93. The number of nitrogens with one attached hydrogen (secondary N) is 1. The first kappa shape index (κ1) is 14.8. The van der Waals surface area contributed by atoms with Crippen LogP contribution in [0, 0.1) is 0 Å². The molecule has 0 saturated heterocycles. The van der Waals surface area contributed by atoms with Crippen molar-refractivity contribution in [3.05, 3.63) is 73.3 Å². The van der Waals surface area contributed by atoms with Crippen molar-refractivity contribution in [3.8, 4) is 0 Å². The number of para-hydroxylation sites is 2. The lowest BCUT2D eigenvalue weighted by molar-refractivity contribution is 1.06. The summed E-state index contributed by atoms with van der Waals surface area (Å²) >= 11 is 0. The summed E-state index contributed by atoms with van der Waals surface area (Å²) in [5, 5.41) is 3.01. The molecular formula is C18H19N5. The zero-order valence-corrected chi connectivity index (χ0v) is 13.3. The van der Waals surface area contributed by atoms with E-state index in [9.17, 15) is 0 Å². The van der Waals surface area contributed by atoms with E-state index in [-0.39, 0.29) is 0 Å². The van der Waals surface area contributed by atoms with E-state index in [0.717, 1.165) is 28.7 Å². The molecule has 0 atom stereocenters. The molecule has 0 aliphatic carbocycles. The third-order valence-corrected chi connectivity index (χ3v) is 3.80. The molecule has 0 spiro atoms. The number of pyridine rings is 1. The summed E-state index contributed by atoms with van der Waals surface area (Å²) in [6.07, 6.45) is 1.59. The minimum absolute atomic E-state index is 0.674. The van der Waals surface area contributed by atoms with E-state index in [2.05, 4.69) is 40.5 Å². The van der Waals surface area contributed by atoms with Gasteiger partial charge in [0.1, 0.15) is 17.3 Å². The number of hydrogen-bond donors (Lipinski definition) is 1. The Morgan fingerprint density at radius 2 is 1.91 bits per heavy atom.